The van der Waals surface area contributed by atoms with Crippen LogP contribution >= 0.6 is 0 Å². The van der Waals surface area contributed by atoms with Gasteiger partial charge in [0.2, 0.25) is 0 Å². The number of rotatable bonds is 3. The molecule has 2 rings (SSSR count). The van der Waals surface area contributed by atoms with Crippen molar-refractivity contribution in [2.45, 2.75) is 24.8 Å². The molecule has 16 heavy (non-hydrogen) atoms. The number of aliphatic carboxylic acids is 1. The SMILES string of the molecule is O=C(NC1(C(=O)O)CCC1)c1ccccc1. The quantitative estimate of drug-likeness (QED) is 0.808. The van der Waals surface area contributed by atoms with E-state index in [-0.39, 0.29) is 5.91 Å². The molecule has 1 aliphatic carbocycles. The average Bonchev–Trinajstić information content (AvgIpc) is 2.24. The van der Waals surface area contributed by atoms with Gasteiger partial charge in [-0.15, -0.1) is 0 Å². The van der Waals surface area contributed by atoms with E-state index < -0.39 is 11.5 Å². The van der Waals surface area contributed by atoms with Gasteiger partial charge in [0.25, 0.3) is 5.91 Å². The Morgan fingerprint density at radius 3 is 2.25 bits per heavy atom. The van der Waals surface area contributed by atoms with E-state index in [0.29, 0.717) is 18.4 Å². The first kappa shape index (κ1) is 10.7. The summed E-state index contributed by atoms with van der Waals surface area (Å²) in [5.41, 5.74) is -0.539. The van der Waals surface area contributed by atoms with E-state index in [1.165, 1.54) is 0 Å². The maximum atomic E-state index is 11.8. The van der Waals surface area contributed by atoms with Crippen LogP contribution in [0.1, 0.15) is 29.6 Å². The van der Waals surface area contributed by atoms with Gasteiger partial charge in [0.05, 0.1) is 0 Å². The Hall–Kier alpha value is -1.84. The van der Waals surface area contributed by atoms with Crippen molar-refractivity contribution in [3.8, 4) is 0 Å². The maximum Gasteiger partial charge on any atom is 0.329 e. The Morgan fingerprint density at radius 1 is 1.19 bits per heavy atom. The molecule has 0 unspecified atom stereocenters. The molecule has 0 heterocycles. The van der Waals surface area contributed by atoms with Crippen molar-refractivity contribution in [3.63, 3.8) is 0 Å². The number of carboxylic acids is 1. The van der Waals surface area contributed by atoms with Crippen molar-refractivity contribution in [1.82, 2.24) is 5.32 Å². The van der Waals surface area contributed by atoms with Gasteiger partial charge in [-0.05, 0) is 31.4 Å². The Labute approximate surface area is 93.3 Å². The first-order valence-electron chi connectivity index (χ1n) is 5.25. The van der Waals surface area contributed by atoms with Crippen molar-refractivity contribution >= 4 is 11.9 Å². The van der Waals surface area contributed by atoms with Crippen LogP contribution < -0.4 is 5.32 Å². The number of hydrogen-bond donors (Lipinski definition) is 2. The second-order valence-electron chi connectivity index (χ2n) is 4.06. The number of amides is 1. The molecule has 4 nitrogen and oxygen atoms in total. The summed E-state index contributed by atoms with van der Waals surface area (Å²) in [5, 5.41) is 11.7. The summed E-state index contributed by atoms with van der Waals surface area (Å²) in [7, 11) is 0. The predicted molar refractivity (Wildman–Crippen MR) is 58.1 cm³/mol. The zero-order chi connectivity index (χ0) is 11.6. The molecule has 2 N–H and O–H groups in total. The zero-order valence-electron chi connectivity index (χ0n) is 8.77. The van der Waals surface area contributed by atoms with Gasteiger partial charge in [0, 0.05) is 5.56 Å². The molecule has 0 spiro atoms. The van der Waals surface area contributed by atoms with E-state index >= 15 is 0 Å². The third kappa shape index (κ3) is 1.78. The van der Waals surface area contributed by atoms with Gasteiger partial charge in [-0.3, -0.25) is 4.79 Å². The molecule has 0 aromatic heterocycles. The van der Waals surface area contributed by atoms with Gasteiger partial charge >= 0.3 is 5.97 Å². The standard InChI is InChI=1S/C12H13NO3/c14-10(9-5-2-1-3-6-9)13-12(11(15)16)7-4-8-12/h1-3,5-6H,4,7-8H2,(H,13,14)(H,15,16). The normalized spacial score (nSPS) is 17.2. The molecule has 1 aromatic rings. The van der Waals surface area contributed by atoms with Crippen LogP contribution in [0.15, 0.2) is 30.3 Å². The summed E-state index contributed by atoms with van der Waals surface area (Å²) < 4.78 is 0. The van der Waals surface area contributed by atoms with Crippen molar-refractivity contribution < 1.29 is 14.7 Å². The lowest BCUT2D eigenvalue weighted by Crippen LogP contribution is -2.59. The topological polar surface area (TPSA) is 66.4 Å². The molecule has 84 valence electrons. The molecule has 0 aliphatic heterocycles. The smallest absolute Gasteiger partial charge is 0.329 e. The highest BCUT2D eigenvalue weighted by atomic mass is 16.4. The fraction of sp³-hybridized carbons (Fsp3) is 0.333. The van der Waals surface area contributed by atoms with Crippen molar-refractivity contribution in [2.75, 3.05) is 0 Å². The summed E-state index contributed by atoms with van der Waals surface area (Å²) >= 11 is 0. The Kier molecular flexibility index (Phi) is 2.64. The summed E-state index contributed by atoms with van der Waals surface area (Å²) in [6.07, 6.45) is 1.88. The number of hydrogen-bond acceptors (Lipinski definition) is 2. The van der Waals surface area contributed by atoms with Gasteiger partial charge in [-0.25, -0.2) is 4.79 Å². The third-order valence-electron chi connectivity index (χ3n) is 3.01. The largest absolute Gasteiger partial charge is 0.480 e. The van der Waals surface area contributed by atoms with E-state index in [9.17, 15) is 9.59 Å². The first-order chi connectivity index (χ1) is 7.64. The van der Waals surface area contributed by atoms with Crippen LogP contribution in [-0.2, 0) is 4.79 Å². The summed E-state index contributed by atoms with van der Waals surface area (Å²) in [6, 6.07) is 8.66. The molecule has 0 radical (unpaired) electrons. The summed E-state index contributed by atoms with van der Waals surface area (Å²) in [5.74, 6) is -1.26. The minimum Gasteiger partial charge on any atom is -0.480 e. The molecular weight excluding hydrogens is 206 g/mol. The molecule has 1 saturated carbocycles. The molecule has 1 amide bonds. The van der Waals surface area contributed by atoms with Crippen LogP contribution in [0.4, 0.5) is 0 Å². The predicted octanol–water partition coefficient (Wildman–Crippen LogP) is 1.42. The van der Waals surface area contributed by atoms with Crippen LogP contribution in [-0.4, -0.2) is 22.5 Å². The lowest BCUT2D eigenvalue weighted by Gasteiger charge is -2.38. The van der Waals surface area contributed by atoms with Crippen molar-refractivity contribution in [3.05, 3.63) is 35.9 Å². The average molecular weight is 219 g/mol. The van der Waals surface area contributed by atoms with Crippen LogP contribution in [0.5, 0.6) is 0 Å². The fourth-order valence-corrected chi connectivity index (χ4v) is 1.80. The van der Waals surface area contributed by atoms with Gasteiger partial charge in [-0.2, -0.15) is 0 Å². The molecule has 0 bridgehead atoms. The molecule has 1 fully saturated rings. The first-order valence-corrected chi connectivity index (χ1v) is 5.25. The molecular formula is C12H13NO3. The monoisotopic (exact) mass is 219 g/mol. The maximum absolute atomic E-state index is 11.8. The molecule has 0 saturated heterocycles. The summed E-state index contributed by atoms with van der Waals surface area (Å²) in [6.45, 7) is 0. The van der Waals surface area contributed by atoms with Gasteiger partial charge in [-0.1, -0.05) is 18.2 Å². The fourth-order valence-electron chi connectivity index (χ4n) is 1.80. The summed E-state index contributed by atoms with van der Waals surface area (Å²) in [4.78, 5) is 22.8. The number of nitrogens with one attached hydrogen (secondary N) is 1. The molecule has 1 aromatic carbocycles. The molecule has 1 aliphatic rings. The highest BCUT2D eigenvalue weighted by Crippen LogP contribution is 2.32. The number of carbonyl (C=O) groups excluding carboxylic acids is 1. The van der Waals surface area contributed by atoms with Crippen LogP contribution in [0.2, 0.25) is 0 Å². The highest BCUT2D eigenvalue weighted by molar-refractivity contribution is 5.98. The Bertz CT molecular complexity index is 410. The van der Waals surface area contributed by atoms with E-state index in [0.717, 1.165) is 6.42 Å². The van der Waals surface area contributed by atoms with E-state index in [1.807, 2.05) is 6.07 Å². The Morgan fingerprint density at radius 2 is 1.81 bits per heavy atom. The van der Waals surface area contributed by atoms with Gasteiger partial charge < -0.3 is 10.4 Å². The van der Waals surface area contributed by atoms with E-state index in [1.54, 1.807) is 24.3 Å². The Balaban J connectivity index is 2.10. The lowest BCUT2D eigenvalue weighted by molar-refractivity contribution is -0.148. The lowest BCUT2D eigenvalue weighted by atomic mass is 9.76. The molecule has 4 heteroatoms. The van der Waals surface area contributed by atoms with Crippen LogP contribution in [0.3, 0.4) is 0 Å². The number of benzene rings is 1. The highest BCUT2D eigenvalue weighted by Gasteiger charge is 2.45. The van der Waals surface area contributed by atoms with Gasteiger partial charge in [0.15, 0.2) is 0 Å². The molecule has 0 atom stereocenters. The van der Waals surface area contributed by atoms with E-state index in [2.05, 4.69) is 5.32 Å². The zero-order valence-corrected chi connectivity index (χ0v) is 8.77. The second-order valence-corrected chi connectivity index (χ2v) is 4.06. The number of carbonyl (C=O) groups is 2. The number of carboxylic acid groups (broad SMARTS) is 1. The van der Waals surface area contributed by atoms with E-state index in [4.69, 9.17) is 5.11 Å². The van der Waals surface area contributed by atoms with Gasteiger partial charge in [0.1, 0.15) is 5.54 Å². The van der Waals surface area contributed by atoms with Crippen molar-refractivity contribution in [1.29, 1.82) is 0 Å². The second kappa shape index (κ2) is 3.96. The van der Waals surface area contributed by atoms with Crippen LogP contribution in [0.25, 0.3) is 0 Å². The third-order valence-corrected chi connectivity index (χ3v) is 3.01. The minimum atomic E-state index is -1.03. The van der Waals surface area contributed by atoms with Crippen LogP contribution in [0, 0.1) is 0 Å². The van der Waals surface area contributed by atoms with Crippen molar-refractivity contribution in [2.24, 2.45) is 0 Å². The minimum absolute atomic E-state index is 0.317.